The highest BCUT2D eigenvalue weighted by molar-refractivity contribution is 6.83. The van der Waals surface area contributed by atoms with E-state index in [4.69, 9.17) is 11.0 Å². The number of likely N-dealkylation sites (N-methyl/N-ethyl adjacent to an activating group) is 1. The molecule has 2 unspecified atom stereocenters. The smallest absolute Gasteiger partial charge is 0.304 e. The lowest BCUT2D eigenvalue weighted by molar-refractivity contribution is -0.546. The lowest BCUT2D eigenvalue weighted by Gasteiger charge is -2.42. The maximum absolute atomic E-state index is 7.25. The Morgan fingerprint density at radius 3 is 1.94 bits per heavy atom. The summed E-state index contributed by atoms with van der Waals surface area (Å²) in [6, 6.07) is 59.5. The Balaban J connectivity index is 1.23. The number of benzene rings is 7. The molecule has 0 amide bonds. The van der Waals surface area contributed by atoms with Gasteiger partial charge in [0.15, 0.2) is 16.6 Å². The summed E-state index contributed by atoms with van der Waals surface area (Å²) in [5.74, 6) is 1.06. The third-order valence-corrected chi connectivity index (χ3v) is 17.2. The van der Waals surface area contributed by atoms with Crippen molar-refractivity contribution in [3.63, 3.8) is 0 Å². The van der Waals surface area contributed by atoms with E-state index in [0.29, 0.717) is 0 Å². The van der Waals surface area contributed by atoms with Crippen molar-refractivity contribution in [2.75, 3.05) is 7.05 Å². The van der Waals surface area contributed by atoms with Gasteiger partial charge < -0.3 is 9.32 Å². The van der Waals surface area contributed by atoms with Crippen LogP contribution in [0.1, 0.15) is 52.0 Å². The largest absolute Gasteiger partial charge is 0.455 e. The number of furan rings is 1. The van der Waals surface area contributed by atoms with Crippen molar-refractivity contribution in [1.29, 1.82) is 0 Å². The van der Waals surface area contributed by atoms with Crippen LogP contribution in [0.3, 0.4) is 0 Å². The Hall–Kier alpha value is -7.21. The van der Waals surface area contributed by atoms with Gasteiger partial charge in [-0.1, -0.05) is 204 Å². The van der Waals surface area contributed by atoms with Gasteiger partial charge in [-0.3, -0.25) is 0 Å². The first kappa shape index (κ1) is 46.5. The van der Waals surface area contributed by atoms with Crippen LogP contribution in [0.2, 0.25) is 19.6 Å². The lowest BCUT2D eigenvalue weighted by Crippen LogP contribution is -2.51. The van der Waals surface area contributed by atoms with Crippen molar-refractivity contribution in [2.45, 2.75) is 78.6 Å². The van der Waals surface area contributed by atoms with Gasteiger partial charge in [0, 0.05) is 17.8 Å². The minimum Gasteiger partial charge on any atom is -0.455 e. The molecular weight excluding hydrogens is 867 g/mol. The molecule has 0 bridgehead atoms. The lowest BCUT2D eigenvalue weighted by atomic mass is 9.72. The molecule has 1 aliphatic rings. The van der Waals surface area contributed by atoms with E-state index in [9.17, 15) is 0 Å². The quantitative estimate of drug-likeness (QED) is 0.0693. The summed E-state index contributed by atoms with van der Waals surface area (Å²) in [5, 5.41) is 3.77. The van der Waals surface area contributed by atoms with Gasteiger partial charge in [0.1, 0.15) is 22.5 Å². The Morgan fingerprint density at radius 2 is 1.30 bits per heavy atom. The Labute approximate surface area is 416 Å². The average Bonchev–Trinajstić information content (AvgIpc) is 3.93. The Morgan fingerprint density at radius 1 is 0.714 bits per heavy atom. The highest BCUT2D eigenvalue weighted by atomic mass is 28.3. The zero-order chi connectivity index (χ0) is 48.6. The molecule has 7 aromatic carbocycles. The highest BCUT2D eigenvalue weighted by Crippen LogP contribution is 2.47. The van der Waals surface area contributed by atoms with E-state index in [1.54, 1.807) is 5.20 Å². The first-order valence-electron chi connectivity index (χ1n) is 25.3. The molecule has 0 spiro atoms. The molecule has 350 valence electrons. The number of nitrogens with zero attached hydrogens (tertiary/aromatic N) is 3. The predicted octanol–water partition coefficient (Wildman–Crippen LogP) is 17.3. The number of allylic oxidation sites excluding steroid dienone is 5. The van der Waals surface area contributed by atoms with Gasteiger partial charge in [-0.25, -0.2) is 0 Å². The van der Waals surface area contributed by atoms with E-state index < -0.39 is 8.07 Å². The molecular formula is C65H66N3OSi+. The van der Waals surface area contributed by atoms with Gasteiger partial charge in [0.2, 0.25) is 0 Å². The van der Waals surface area contributed by atoms with Crippen LogP contribution in [0.25, 0.3) is 89.1 Å². The number of hydrogen-bond acceptors (Lipinski definition) is 2. The Bertz CT molecular complexity index is 3440. The predicted molar refractivity (Wildman–Crippen MR) is 301 cm³/mol. The summed E-state index contributed by atoms with van der Waals surface area (Å²) >= 11 is 0. The van der Waals surface area contributed by atoms with Crippen molar-refractivity contribution < 1.29 is 8.98 Å². The summed E-state index contributed by atoms with van der Waals surface area (Å²) in [5.41, 5.74) is 15.5. The van der Waals surface area contributed by atoms with Crippen LogP contribution in [0.5, 0.6) is 0 Å². The van der Waals surface area contributed by atoms with Gasteiger partial charge in [0.25, 0.3) is 0 Å². The number of rotatable bonds is 12. The van der Waals surface area contributed by atoms with Gasteiger partial charge >= 0.3 is 5.82 Å². The normalized spacial score (nSPS) is 16.8. The number of aromatic nitrogens is 2. The van der Waals surface area contributed by atoms with Crippen LogP contribution in [-0.4, -0.2) is 30.6 Å². The highest BCUT2D eigenvalue weighted by Gasteiger charge is 2.45. The molecule has 1 aliphatic heterocycles. The zero-order valence-corrected chi connectivity index (χ0v) is 43.0. The van der Waals surface area contributed by atoms with E-state index in [-0.39, 0.29) is 11.5 Å². The summed E-state index contributed by atoms with van der Waals surface area (Å²) in [6.07, 6.45) is 16.3. The van der Waals surface area contributed by atoms with E-state index in [2.05, 4.69) is 256 Å². The SMILES string of the molecule is C=C1C(N(C)/C=C(\CC)[Si](C)(C)C)C(C)(C/C=C\C=C/CC)CCc2ccc3c(oc4ccc(-c5ccc(-c6ccccc6)cc5)cc43)c2-c2n(-c3ccc(-c4ccccc4)cc3)c3ccccc3[n+]21. The molecule has 0 N–H and O–H groups in total. The fourth-order valence-corrected chi connectivity index (χ4v) is 12.8. The van der Waals surface area contributed by atoms with E-state index in [1.165, 1.54) is 33.4 Å². The van der Waals surface area contributed by atoms with Crippen molar-refractivity contribution in [3.05, 3.63) is 212 Å². The number of aryl methyl sites for hydroxylation is 1. The molecule has 0 aliphatic carbocycles. The van der Waals surface area contributed by atoms with E-state index in [1.807, 2.05) is 0 Å². The Kier molecular flexibility index (Phi) is 12.8. The average molecular weight is 933 g/mol. The van der Waals surface area contributed by atoms with Crippen molar-refractivity contribution in [2.24, 2.45) is 5.41 Å². The summed E-state index contributed by atoms with van der Waals surface area (Å²) in [6.45, 7) is 19.7. The molecule has 0 saturated heterocycles. The van der Waals surface area contributed by atoms with Crippen LogP contribution in [0, 0.1) is 5.41 Å². The van der Waals surface area contributed by atoms with Crippen molar-refractivity contribution in [3.8, 4) is 50.5 Å². The van der Waals surface area contributed by atoms with Gasteiger partial charge in [-0.15, -0.1) is 0 Å². The third-order valence-electron chi connectivity index (χ3n) is 14.8. The zero-order valence-electron chi connectivity index (χ0n) is 42.0. The standard InChI is InChI=1S/C65H66N3OSi/c1-9-11-12-13-22-42-65(4)43-41-52-35-39-56-57-44-53(51-31-29-49(30-32-51)47-23-16-14-17-24-47)36-40-60(57)69-62(56)61(52)64-67(46(3)63(65)66(5)45-55(10-2)70(6,7)8)58-27-20-21-28-59(58)68(64)54-37-33-50(34-38-54)48-25-18-15-19-26-48/h11-40,44-45,63H,3,9-10,41-43H2,1-2,4-8H3/q+1/b12-11-,22-13-,55-45+. The maximum Gasteiger partial charge on any atom is 0.304 e. The van der Waals surface area contributed by atoms with Crippen molar-refractivity contribution in [1.82, 2.24) is 9.47 Å². The minimum absolute atomic E-state index is 0.0509. The maximum atomic E-state index is 7.25. The summed E-state index contributed by atoms with van der Waals surface area (Å²) < 4.78 is 12.2. The first-order valence-corrected chi connectivity index (χ1v) is 28.8. The second kappa shape index (κ2) is 19.3. The molecule has 3 heterocycles. The molecule has 2 atom stereocenters. The first-order chi connectivity index (χ1) is 34.0. The third kappa shape index (κ3) is 8.73. The van der Waals surface area contributed by atoms with Crippen LogP contribution < -0.4 is 4.57 Å². The van der Waals surface area contributed by atoms with Crippen LogP contribution in [-0.2, 0) is 6.42 Å². The molecule has 70 heavy (non-hydrogen) atoms. The summed E-state index contributed by atoms with van der Waals surface area (Å²) in [4.78, 5) is 2.54. The monoisotopic (exact) mass is 932 g/mol. The number of imidazole rings is 1. The van der Waals surface area contributed by atoms with E-state index >= 15 is 0 Å². The molecule has 0 fully saturated rings. The number of para-hydroxylation sites is 2. The molecule has 10 rings (SSSR count). The molecule has 0 saturated carbocycles. The number of fused-ring (bicyclic) bond motifs is 9. The molecule has 5 heteroatoms. The van der Waals surface area contributed by atoms with Gasteiger partial charge in [0.05, 0.1) is 14.1 Å². The second-order valence-corrected chi connectivity index (χ2v) is 25.7. The number of hydrogen-bond donors (Lipinski definition) is 0. The topological polar surface area (TPSA) is 25.2 Å². The fourth-order valence-electron chi connectivity index (χ4n) is 11.2. The van der Waals surface area contributed by atoms with Crippen LogP contribution >= 0.6 is 0 Å². The van der Waals surface area contributed by atoms with Gasteiger partial charge in [-0.2, -0.15) is 9.13 Å². The van der Waals surface area contributed by atoms with Crippen LogP contribution in [0.15, 0.2) is 210 Å². The second-order valence-electron chi connectivity index (χ2n) is 20.6. The fraction of sp³-hybridized carbons (Fsp3) is 0.215. The van der Waals surface area contributed by atoms with Gasteiger partial charge in [-0.05, 0) is 119 Å². The molecule has 2 aromatic heterocycles. The molecule has 4 nitrogen and oxygen atoms in total. The minimum atomic E-state index is -1.64. The molecule has 9 aromatic rings. The van der Waals surface area contributed by atoms with E-state index in [0.717, 1.165) is 93.4 Å². The van der Waals surface area contributed by atoms with Crippen molar-refractivity contribution >= 4 is 46.7 Å². The molecule has 0 radical (unpaired) electrons. The summed E-state index contributed by atoms with van der Waals surface area (Å²) in [7, 11) is 0.670. The van der Waals surface area contributed by atoms with Crippen LogP contribution in [0.4, 0.5) is 0 Å².